The van der Waals surface area contributed by atoms with Gasteiger partial charge in [-0.2, -0.15) is 40.2 Å². The zero-order valence-electron chi connectivity index (χ0n) is 13.0. The summed E-state index contributed by atoms with van der Waals surface area (Å²) in [6, 6.07) is 0. The molecule has 0 unspecified atom stereocenters. The van der Waals surface area contributed by atoms with Crippen LogP contribution in [0, 0.1) is 0 Å². The summed E-state index contributed by atoms with van der Waals surface area (Å²) in [5.41, 5.74) is -6.78. The molecule has 0 aliphatic carbocycles. The lowest BCUT2D eigenvalue weighted by atomic mass is 10.0. The average Bonchev–Trinajstić information content (AvgIpc) is 2.91. The molecule has 0 aromatic carbocycles. The van der Waals surface area contributed by atoms with Gasteiger partial charge in [-0.25, -0.2) is 4.68 Å². The van der Waals surface area contributed by atoms with Crippen LogP contribution in [0.1, 0.15) is 22.5 Å². The number of aromatic nitrogens is 4. The summed E-state index contributed by atoms with van der Waals surface area (Å²) in [7, 11) is 1.77. The smallest absolute Gasteiger partial charge is 0.417 e. The number of alkyl halides is 8. The quantitative estimate of drug-likeness (QED) is 0.812. The van der Waals surface area contributed by atoms with Gasteiger partial charge in [0, 0.05) is 20.5 Å². The van der Waals surface area contributed by atoms with Gasteiger partial charge in [0.05, 0.1) is 11.1 Å². The van der Waals surface area contributed by atoms with Crippen LogP contribution in [0.3, 0.4) is 0 Å². The molecular formula is C12H10F8N4O2. The lowest BCUT2D eigenvalue weighted by Gasteiger charge is -2.10. The number of hydrogen-bond donors (Lipinski definition) is 1. The van der Waals surface area contributed by atoms with Crippen molar-refractivity contribution in [3.8, 4) is 5.88 Å². The molecule has 0 spiro atoms. The first-order chi connectivity index (χ1) is 11.7. The molecule has 1 N–H and O–H groups in total. The van der Waals surface area contributed by atoms with Crippen molar-refractivity contribution in [2.45, 2.75) is 25.4 Å². The molecule has 14 heteroatoms. The summed E-state index contributed by atoms with van der Waals surface area (Å²) in [5, 5.41) is 4.67. The summed E-state index contributed by atoms with van der Waals surface area (Å²) in [5.74, 6) is -1.09. The molecule has 0 aliphatic heterocycles. The van der Waals surface area contributed by atoms with Crippen molar-refractivity contribution < 1.29 is 39.9 Å². The van der Waals surface area contributed by atoms with Gasteiger partial charge in [0.15, 0.2) is 5.69 Å². The second-order valence-electron chi connectivity index (χ2n) is 5.14. The topological polar surface area (TPSA) is 64.8 Å². The average molecular weight is 394 g/mol. The monoisotopic (exact) mass is 394 g/mol. The van der Waals surface area contributed by atoms with E-state index in [9.17, 15) is 39.9 Å². The van der Waals surface area contributed by atoms with Gasteiger partial charge in [-0.05, 0) is 0 Å². The minimum absolute atomic E-state index is 0.314. The van der Waals surface area contributed by atoms with Crippen molar-refractivity contribution in [3.63, 3.8) is 0 Å². The Morgan fingerprint density at radius 3 is 2.12 bits per heavy atom. The van der Waals surface area contributed by atoms with Crippen molar-refractivity contribution >= 4 is 0 Å². The molecule has 0 saturated carbocycles. The van der Waals surface area contributed by atoms with E-state index in [1.165, 1.54) is 0 Å². The third-order valence-electron chi connectivity index (χ3n) is 3.34. The minimum atomic E-state index is -5.17. The summed E-state index contributed by atoms with van der Waals surface area (Å²) in [4.78, 5) is 11.9. The molecule has 0 amide bonds. The summed E-state index contributed by atoms with van der Waals surface area (Å²) in [6.07, 6.45) is -11.5. The first kappa shape index (κ1) is 19.8. The SMILES string of the molecule is Cn1nc(C(F)(F)F)c(Cc2c(C(F)(F)F)[nH]n(C)c2=O)c1OC(F)F. The Hall–Kier alpha value is -2.54. The van der Waals surface area contributed by atoms with Gasteiger partial charge in [0.1, 0.15) is 5.69 Å². The Labute approximate surface area is 138 Å². The maximum absolute atomic E-state index is 13.1. The van der Waals surface area contributed by atoms with Crippen LogP contribution in [0.2, 0.25) is 0 Å². The van der Waals surface area contributed by atoms with Crippen LogP contribution in [-0.2, 0) is 32.9 Å². The molecule has 2 aromatic rings. The highest BCUT2D eigenvalue weighted by Gasteiger charge is 2.42. The molecule has 146 valence electrons. The number of H-pyrrole nitrogens is 1. The molecule has 2 aromatic heterocycles. The van der Waals surface area contributed by atoms with Crippen molar-refractivity contribution in [2.24, 2.45) is 14.1 Å². The normalized spacial score (nSPS) is 12.9. The number of aryl methyl sites for hydroxylation is 2. The standard InChI is InChI=1S/C12H10F8N4O2/c1-23-8(25)4(6(21-23)11(15,16)17)3-5-7(12(18,19)20)22-24(2)9(5)26-10(13)14/h10,21H,3H2,1-2H3. The minimum Gasteiger partial charge on any atom is -0.417 e. The Morgan fingerprint density at radius 2 is 1.65 bits per heavy atom. The van der Waals surface area contributed by atoms with Gasteiger partial charge < -0.3 is 4.74 Å². The summed E-state index contributed by atoms with van der Waals surface area (Å²) in [6.45, 7) is -3.55. The molecule has 0 saturated heterocycles. The van der Waals surface area contributed by atoms with Crippen molar-refractivity contribution in [3.05, 3.63) is 32.9 Å². The molecule has 6 nitrogen and oxygen atoms in total. The number of nitrogens with one attached hydrogen (secondary N) is 1. The van der Waals surface area contributed by atoms with Crippen LogP contribution in [0.4, 0.5) is 35.1 Å². The van der Waals surface area contributed by atoms with E-state index in [1.807, 2.05) is 0 Å². The highest BCUT2D eigenvalue weighted by Crippen LogP contribution is 2.38. The number of ether oxygens (including phenoxy) is 1. The Balaban J connectivity index is 2.69. The number of hydrogen-bond acceptors (Lipinski definition) is 3. The zero-order valence-corrected chi connectivity index (χ0v) is 13.0. The van der Waals surface area contributed by atoms with Crippen molar-refractivity contribution in [1.82, 2.24) is 19.6 Å². The lowest BCUT2D eigenvalue weighted by Crippen LogP contribution is -2.18. The fraction of sp³-hybridized carbons (Fsp3) is 0.500. The van der Waals surface area contributed by atoms with E-state index in [4.69, 9.17) is 0 Å². The lowest BCUT2D eigenvalue weighted by molar-refractivity contribution is -0.142. The molecule has 0 aliphatic rings. The number of nitrogens with zero attached hydrogens (tertiary/aromatic N) is 3. The van der Waals surface area contributed by atoms with E-state index < -0.39 is 59.3 Å². The molecule has 0 atom stereocenters. The van der Waals surface area contributed by atoms with E-state index >= 15 is 0 Å². The second-order valence-corrected chi connectivity index (χ2v) is 5.14. The first-order valence-electron chi connectivity index (χ1n) is 6.66. The first-order valence-corrected chi connectivity index (χ1v) is 6.66. The fourth-order valence-electron chi connectivity index (χ4n) is 2.34. The van der Waals surface area contributed by atoms with Crippen LogP contribution in [0.5, 0.6) is 5.88 Å². The van der Waals surface area contributed by atoms with Gasteiger partial charge in [0.25, 0.3) is 5.56 Å². The third kappa shape index (κ3) is 3.67. The van der Waals surface area contributed by atoms with E-state index in [1.54, 1.807) is 5.10 Å². The zero-order chi connectivity index (χ0) is 20.0. The van der Waals surface area contributed by atoms with Gasteiger partial charge in [0.2, 0.25) is 5.88 Å². The fourth-order valence-corrected chi connectivity index (χ4v) is 2.34. The predicted octanol–water partition coefficient (Wildman–Crippen LogP) is 2.68. The maximum Gasteiger partial charge on any atom is 0.435 e. The van der Waals surface area contributed by atoms with Gasteiger partial charge in [-0.15, -0.1) is 0 Å². The van der Waals surface area contributed by atoms with E-state index in [2.05, 4.69) is 9.84 Å². The van der Waals surface area contributed by atoms with Crippen molar-refractivity contribution in [1.29, 1.82) is 0 Å². The van der Waals surface area contributed by atoms with E-state index in [0.717, 1.165) is 14.1 Å². The summed E-state index contributed by atoms with van der Waals surface area (Å²) >= 11 is 0. The van der Waals surface area contributed by atoms with E-state index in [-0.39, 0.29) is 0 Å². The van der Waals surface area contributed by atoms with Crippen molar-refractivity contribution in [2.75, 3.05) is 0 Å². The van der Waals surface area contributed by atoms with Gasteiger partial charge >= 0.3 is 19.0 Å². The molecule has 2 heterocycles. The maximum atomic E-state index is 13.1. The summed E-state index contributed by atoms with van der Waals surface area (Å²) < 4.78 is 108. The Morgan fingerprint density at radius 1 is 1.08 bits per heavy atom. The van der Waals surface area contributed by atoms with E-state index in [0.29, 0.717) is 9.36 Å². The van der Waals surface area contributed by atoms with Crippen LogP contribution < -0.4 is 10.3 Å². The molecule has 0 radical (unpaired) electrons. The van der Waals surface area contributed by atoms with Gasteiger partial charge in [-0.3, -0.25) is 14.6 Å². The van der Waals surface area contributed by atoms with Crippen LogP contribution in [0.15, 0.2) is 4.79 Å². The molecule has 0 bridgehead atoms. The highest BCUT2D eigenvalue weighted by atomic mass is 19.4. The number of halogens is 8. The largest absolute Gasteiger partial charge is 0.435 e. The Kier molecular flexibility index (Phi) is 4.81. The highest BCUT2D eigenvalue weighted by molar-refractivity contribution is 5.39. The predicted molar refractivity (Wildman–Crippen MR) is 68.7 cm³/mol. The van der Waals surface area contributed by atoms with Gasteiger partial charge in [-0.1, -0.05) is 0 Å². The number of aromatic amines is 1. The van der Waals surface area contributed by atoms with Crippen LogP contribution in [-0.4, -0.2) is 26.2 Å². The number of rotatable bonds is 4. The molecule has 0 fully saturated rings. The Bertz CT molecular complexity index is 858. The molecule has 2 rings (SSSR count). The molecular weight excluding hydrogens is 384 g/mol. The third-order valence-corrected chi connectivity index (χ3v) is 3.34. The van der Waals surface area contributed by atoms with Crippen LogP contribution in [0.25, 0.3) is 0 Å². The second kappa shape index (κ2) is 6.32. The molecule has 26 heavy (non-hydrogen) atoms. The van der Waals surface area contributed by atoms with Crippen LogP contribution >= 0.6 is 0 Å².